The quantitative estimate of drug-likeness (QED) is 0.893. The zero-order valence-corrected chi connectivity index (χ0v) is 12.9. The van der Waals surface area contributed by atoms with Gasteiger partial charge in [-0.05, 0) is 62.1 Å². The predicted molar refractivity (Wildman–Crippen MR) is 84.2 cm³/mol. The van der Waals surface area contributed by atoms with Crippen molar-refractivity contribution in [3.63, 3.8) is 0 Å². The third-order valence-corrected chi connectivity index (χ3v) is 5.66. The third-order valence-electron chi connectivity index (χ3n) is 5.66. The maximum atomic E-state index is 9.70. The normalized spacial score (nSPS) is 34.0. The topological polar surface area (TPSA) is 35.5 Å². The Labute approximate surface area is 127 Å². The molecular weight excluding hydrogens is 260 g/mol. The van der Waals surface area contributed by atoms with E-state index >= 15 is 0 Å². The van der Waals surface area contributed by atoms with Crippen molar-refractivity contribution in [1.82, 2.24) is 10.2 Å². The lowest BCUT2D eigenvalue weighted by Crippen LogP contribution is -2.64. The average molecular weight is 286 g/mol. The molecule has 21 heavy (non-hydrogen) atoms. The highest BCUT2D eigenvalue weighted by molar-refractivity contribution is 5.27. The fourth-order valence-electron chi connectivity index (χ4n) is 4.06. The van der Waals surface area contributed by atoms with Gasteiger partial charge in [0.2, 0.25) is 0 Å². The van der Waals surface area contributed by atoms with E-state index in [4.69, 9.17) is 0 Å². The Morgan fingerprint density at radius 2 is 2.10 bits per heavy atom. The first-order chi connectivity index (χ1) is 10.1. The van der Waals surface area contributed by atoms with Crippen molar-refractivity contribution in [2.45, 2.75) is 50.7 Å². The molecule has 0 amide bonds. The van der Waals surface area contributed by atoms with E-state index in [9.17, 15) is 5.11 Å². The molecule has 3 heteroatoms. The van der Waals surface area contributed by atoms with Crippen LogP contribution in [0, 0.1) is 11.8 Å². The minimum Gasteiger partial charge on any atom is -0.508 e. The molecular formula is C18H26N2O. The van der Waals surface area contributed by atoms with E-state index in [1.165, 1.54) is 31.2 Å². The van der Waals surface area contributed by atoms with E-state index in [1.54, 1.807) is 6.07 Å². The van der Waals surface area contributed by atoms with Crippen LogP contribution in [-0.2, 0) is 6.54 Å². The standard InChI is InChI=1S/C18H26N2O/c1-18(15-7-8-15)12-20(17(10-19-18)14-5-6-14)11-13-3-2-4-16(21)9-13/h2-4,9,14-15,17,19,21H,5-8,10-12H2,1H3. The van der Waals surface area contributed by atoms with Crippen LogP contribution in [0.4, 0.5) is 0 Å². The Morgan fingerprint density at radius 1 is 1.29 bits per heavy atom. The first-order valence-corrected chi connectivity index (χ1v) is 8.41. The van der Waals surface area contributed by atoms with Crippen LogP contribution in [0.25, 0.3) is 0 Å². The second-order valence-electron chi connectivity index (χ2n) is 7.55. The molecule has 4 rings (SSSR count). The number of rotatable bonds is 4. The molecule has 3 nitrogen and oxygen atoms in total. The smallest absolute Gasteiger partial charge is 0.115 e. The van der Waals surface area contributed by atoms with Crippen molar-refractivity contribution < 1.29 is 5.11 Å². The first kappa shape index (κ1) is 13.6. The Morgan fingerprint density at radius 3 is 2.76 bits per heavy atom. The number of hydrogen-bond donors (Lipinski definition) is 2. The summed E-state index contributed by atoms with van der Waals surface area (Å²) >= 11 is 0. The molecule has 1 heterocycles. The molecule has 0 bridgehead atoms. The van der Waals surface area contributed by atoms with Crippen molar-refractivity contribution in [3.8, 4) is 5.75 Å². The van der Waals surface area contributed by atoms with Gasteiger partial charge in [-0.3, -0.25) is 4.90 Å². The van der Waals surface area contributed by atoms with Crippen LogP contribution in [0.5, 0.6) is 5.75 Å². The van der Waals surface area contributed by atoms with Crippen LogP contribution in [0.1, 0.15) is 38.2 Å². The van der Waals surface area contributed by atoms with Crippen LogP contribution >= 0.6 is 0 Å². The number of aromatic hydroxyl groups is 1. The van der Waals surface area contributed by atoms with Gasteiger partial charge in [0.1, 0.15) is 5.75 Å². The summed E-state index contributed by atoms with van der Waals surface area (Å²) in [5.74, 6) is 2.14. The second-order valence-corrected chi connectivity index (χ2v) is 7.55. The number of nitrogens with one attached hydrogen (secondary N) is 1. The number of piperazine rings is 1. The molecule has 1 aromatic rings. The molecule has 3 aliphatic rings. The van der Waals surface area contributed by atoms with E-state index in [0.717, 1.165) is 31.5 Å². The van der Waals surface area contributed by atoms with Crippen LogP contribution in [0.3, 0.4) is 0 Å². The number of hydrogen-bond acceptors (Lipinski definition) is 3. The minimum atomic E-state index is 0.294. The number of phenolic OH excluding ortho intramolecular Hbond substituents is 1. The number of nitrogens with zero attached hydrogens (tertiary/aromatic N) is 1. The molecule has 1 aliphatic heterocycles. The summed E-state index contributed by atoms with van der Waals surface area (Å²) in [5, 5.41) is 13.6. The lowest BCUT2D eigenvalue weighted by atomic mass is 9.89. The summed E-state index contributed by atoms with van der Waals surface area (Å²) in [5.41, 5.74) is 1.53. The highest BCUT2D eigenvalue weighted by Gasteiger charge is 2.48. The summed E-state index contributed by atoms with van der Waals surface area (Å²) in [6, 6.07) is 8.45. The monoisotopic (exact) mass is 286 g/mol. The van der Waals surface area contributed by atoms with Gasteiger partial charge < -0.3 is 10.4 Å². The summed E-state index contributed by atoms with van der Waals surface area (Å²) in [6.45, 7) is 5.66. The molecule has 2 aliphatic carbocycles. The van der Waals surface area contributed by atoms with Gasteiger partial charge in [0.15, 0.2) is 0 Å². The Balaban J connectivity index is 1.52. The highest BCUT2D eigenvalue weighted by atomic mass is 16.3. The number of benzene rings is 1. The van der Waals surface area contributed by atoms with Gasteiger partial charge in [0.05, 0.1) is 0 Å². The first-order valence-electron chi connectivity index (χ1n) is 8.41. The van der Waals surface area contributed by atoms with E-state index in [2.05, 4.69) is 23.2 Å². The van der Waals surface area contributed by atoms with Crippen LogP contribution < -0.4 is 5.32 Å². The van der Waals surface area contributed by atoms with Crippen molar-refractivity contribution in [1.29, 1.82) is 0 Å². The fourth-order valence-corrected chi connectivity index (χ4v) is 4.06. The maximum absolute atomic E-state index is 9.70. The van der Waals surface area contributed by atoms with Crippen molar-refractivity contribution in [3.05, 3.63) is 29.8 Å². The van der Waals surface area contributed by atoms with Gasteiger partial charge in [-0.1, -0.05) is 12.1 Å². The molecule has 2 unspecified atom stereocenters. The average Bonchev–Trinajstić information content (AvgIpc) is 3.30. The lowest BCUT2D eigenvalue weighted by Gasteiger charge is -2.47. The lowest BCUT2D eigenvalue weighted by molar-refractivity contribution is 0.0578. The van der Waals surface area contributed by atoms with Crippen molar-refractivity contribution in [2.24, 2.45) is 11.8 Å². The van der Waals surface area contributed by atoms with Crippen LogP contribution in [0.2, 0.25) is 0 Å². The van der Waals surface area contributed by atoms with E-state index < -0.39 is 0 Å². The molecule has 0 radical (unpaired) electrons. The Kier molecular flexibility index (Phi) is 3.23. The molecule has 2 atom stereocenters. The molecule has 1 aromatic carbocycles. The SMILES string of the molecule is CC1(C2CC2)CN(Cc2cccc(O)c2)C(C2CC2)CN1. The Bertz CT molecular complexity index is 524. The van der Waals surface area contributed by atoms with Gasteiger partial charge in [-0.2, -0.15) is 0 Å². The zero-order chi connectivity index (χ0) is 14.4. The largest absolute Gasteiger partial charge is 0.508 e. The summed E-state index contributed by atoms with van der Waals surface area (Å²) in [6.07, 6.45) is 5.56. The van der Waals surface area contributed by atoms with Crippen LogP contribution in [0.15, 0.2) is 24.3 Å². The summed E-state index contributed by atoms with van der Waals surface area (Å²) in [7, 11) is 0. The fraction of sp³-hybridized carbons (Fsp3) is 0.667. The maximum Gasteiger partial charge on any atom is 0.115 e. The van der Waals surface area contributed by atoms with Crippen molar-refractivity contribution in [2.75, 3.05) is 13.1 Å². The van der Waals surface area contributed by atoms with E-state index in [0.29, 0.717) is 17.3 Å². The van der Waals surface area contributed by atoms with Gasteiger partial charge in [-0.25, -0.2) is 0 Å². The summed E-state index contributed by atoms with van der Waals surface area (Å²) in [4.78, 5) is 2.68. The van der Waals surface area contributed by atoms with Crippen molar-refractivity contribution >= 4 is 0 Å². The number of phenols is 1. The predicted octanol–water partition coefficient (Wildman–Crippen LogP) is 2.74. The van der Waals surface area contributed by atoms with E-state index in [-0.39, 0.29) is 0 Å². The second kappa shape index (κ2) is 4.99. The molecule has 1 saturated heterocycles. The molecule has 114 valence electrons. The molecule has 2 saturated carbocycles. The van der Waals surface area contributed by atoms with Gasteiger partial charge >= 0.3 is 0 Å². The molecule has 0 aromatic heterocycles. The molecule has 3 fully saturated rings. The Hall–Kier alpha value is -1.06. The molecule has 2 N–H and O–H groups in total. The van der Waals surface area contributed by atoms with Gasteiger partial charge in [0.25, 0.3) is 0 Å². The highest BCUT2D eigenvalue weighted by Crippen LogP contribution is 2.44. The van der Waals surface area contributed by atoms with Crippen LogP contribution in [-0.4, -0.2) is 34.7 Å². The van der Waals surface area contributed by atoms with E-state index in [1.807, 2.05) is 12.1 Å². The van der Waals surface area contributed by atoms with Gasteiger partial charge in [0, 0.05) is 31.2 Å². The van der Waals surface area contributed by atoms with Gasteiger partial charge in [-0.15, -0.1) is 0 Å². The summed E-state index contributed by atoms with van der Waals surface area (Å²) < 4.78 is 0. The zero-order valence-electron chi connectivity index (χ0n) is 12.9. The third kappa shape index (κ3) is 2.82. The molecule has 0 spiro atoms. The minimum absolute atomic E-state index is 0.294.